The van der Waals surface area contributed by atoms with E-state index in [0.29, 0.717) is 6.04 Å². The second-order valence-corrected chi connectivity index (χ2v) is 7.16. The van der Waals surface area contributed by atoms with Crippen molar-refractivity contribution in [3.05, 3.63) is 41.0 Å². The predicted octanol–water partition coefficient (Wildman–Crippen LogP) is 4.24. The molecular weight excluding hydrogens is 258 g/mol. The summed E-state index contributed by atoms with van der Waals surface area (Å²) in [7, 11) is 2.25. The van der Waals surface area contributed by atoms with E-state index in [1.807, 2.05) is 12.1 Å². The van der Waals surface area contributed by atoms with Gasteiger partial charge in [-0.25, -0.2) is 0 Å². The Morgan fingerprint density at radius 2 is 1.86 bits per heavy atom. The van der Waals surface area contributed by atoms with E-state index in [9.17, 15) is 0 Å². The van der Waals surface area contributed by atoms with Crippen LogP contribution >= 0.6 is 0 Å². The van der Waals surface area contributed by atoms with Gasteiger partial charge in [-0.15, -0.1) is 0 Å². The van der Waals surface area contributed by atoms with Crippen molar-refractivity contribution in [2.45, 2.75) is 64.6 Å². The molecule has 2 nitrogen and oxygen atoms in total. The zero-order valence-electron chi connectivity index (χ0n) is 13.9. The number of aliphatic hydroxyl groups is 1. The fourth-order valence-electron chi connectivity index (χ4n) is 3.03. The van der Waals surface area contributed by atoms with Crippen molar-refractivity contribution in [1.29, 1.82) is 0 Å². The molecule has 1 N–H and O–H groups in total. The molecule has 2 heteroatoms. The highest BCUT2D eigenvalue weighted by atomic mass is 16.3. The third-order valence-electron chi connectivity index (χ3n) is 4.66. The molecule has 116 valence electrons. The van der Waals surface area contributed by atoms with E-state index in [4.69, 9.17) is 5.11 Å². The van der Waals surface area contributed by atoms with E-state index in [-0.39, 0.29) is 12.1 Å². The van der Waals surface area contributed by atoms with Crippen molar-refractivity contribution in [2.24, 2.45) is 0 Å². The molecule has 2 rings (SSSR count). The molecule has 0 bridgehead atoms. The molecule has 0 amide bonds. The van der Waals surface area contributed by atoms with Crippen LogP contribution in [-0.4, -0.2) is 28.6 Å². The summed E-state index contributed by atoms with van der Waals surface area (Å²) in [5, 5.41) is 9.13. The lowest BCUT2D eigenvalue weighted by Crippen LogP contribution is -2.47. The number of rotatable bonds is 3. The maximum Gasteiger partial charge on any atom is 0.0681 e. The Morgan fingerprint density at radius 1 is 1.19 bits per heavy atom. The summed E-state index contributed by atoms with van der Waals surface area (Å²) >= 11 is 0. The topological polar surface area (TPSA) is 23.5 Å². The highest BCUT2D eigenvalue weighted by Crippen LogP contribution is 2.32. The number of benzene rings is 1. The molecule has 0 aliphatic heterocycles. The monoisotopic (exact) mass is 287 g/mol. The van der Waals surface area contributed by atoms with Crippen LogP contribution in [0.1, 0.15) is 57.6 Å². The standard InChI is InChI=1S/C19H29NO/c1-19(2,3)20(4)18-8-6-5-7-17(18)13-15-9-11-16(14-21)12-10-15/h9-13,18,21H,5-8,14H2,1-4H3/b17-13-. The number of hydrogen-bond acceptors (Lipinski definition) is 2. The molecule has 1 aromatic rings. The molecule has 1 atom stereocenters. The predicted molar refractivity (Wildman–Crippen MR) is 90.1 cm³/mol. The van der Waals surface area contributed by atoms with E-state index < -0.39 is 0 Å². The van der Waals surface area contributed by atoms with Gasteiger partial charge in [0.05, 0.1) is 6.61 Å². The van der Waals surface area contributed by atoms with Crippen LogP contribution in [0.4, 0.5) is 0 Å². The number of likely N-dealkylation sites (N-methyl/N-ethyl adjacent to an activating group) is 1. The van der Waals surface area contributed by atoms with Crippen molar-refractivity contribution in [1.82, 2.24) is 4.90 Å². The Bertz CT molecular complexity index is 481. The Morgan fingerprint density at radius 3 is 2.43 bits per heavy atom. The molecule has 1 saturated carbocycles. The van der Waals surface area contributed by atoms with Crippen LogP contribution in [0.3, 0.4) is 0 Å². The van der Waals surface area contributed by atoms with Gasteiger partial charge in [0, 0.05) is 11.6 Å². The summed E-state index contributed by atoms with van der Waals surface area (Å²) in [6, 6.07) is 8.80. The van der Waals surface area contributed by atoms with Crippen LogP contribution in [0.15, 0.2) is 29.8 Å². The van der Waals surface area contributed by atoms with E-state index >= 15 is 0 Å². The fraction of sp³-hybridized carbons (Fsp3) is 0.579. The normalized spacial score (nSPS) is 22.0. The average molecular weight is 287 g/mol. The highest BCUT2D eigenvalue weighted by Gasteiger charge is 2.29. The van der Waals surface area contributed by atoms with E-state index in [1.54, 1.807) is 5.57 Å². The van der Waals surface area contributed by atoms with Gasteiger partial charge in [0.15, 0.2) is 0 Å². The summed E-state index contributed by atoms with van der Waals surface area (Å²) in [5.41, 5.74) is 3.97. The first-order chi connectivity index (χ1) is 9.91. The fourth-order valence-corrected chi connectivity index (χ4v) is 3.03. The van der Waals surface area contributed by atoms with Crippen molar-refractivity contribution in [3.63, 3.8) is 0 Å². The van der Waals surface area contributed by atoms with E-state index in [1.165, 1.54) is 31.2 Å². The van der Waals surface area contributed by atoms with Crippen molar-refractivity contribution in [3.8, 4) is 0 Å². The van der Waals surface area contributed by atoms with Gasteiger partial charge in [0.25, 0.3) is 0 Å². The first-order valence-corrected chi connectivity index (χ1v) is 8.05. The first-order valence-electron chi connectivity index (χ1n) is 8.05. The van der Waals surface area contributed by atoms with Gasteiger partial charge in [-0.1, -0.05) is 42.3 Å². The van der Waals surface area contributed by atoms with Crippen LogP contribution in [0.2, 0.25) is 0 Å². The van der Waals surface area contributed by atoms with Crippen molar-refractivity contribution < 1.29 is 5.11 Å². The lowest BCUT2D eigenvalue weighted by Gasteiger charge is -2.42. The Hall–Kier alpha value is -1.12. The van der Waals surface area contributed by atoms with Crippen molar-refractivity contribution in [2.75, 3.05) is 7.05 Å². The number of nitrogens with zero attached hydrogens (tertiary/aromatic N) is 1. The second kappa shape index (κ2) is 6.76. The van der Waals surface area contributed by atoms with Crippen LogP contribution in [-0.2, 0) is 6.61 Å². The van der Waals surface area contributed by atoms with Crippen LogP contribution in [0.5, 0.6) is 0 Å². The number of aliphatic hydroxyl groups excluding tert-OH is 1. The summed E-state index contributed by atoms with van der Waals surface area (Å²) in [4.78, 5) is 2.51. The van der Waals surface area contributed by atoms with E-state index in [2.05, 4.69) is 50.9 Å². The van der Waals surface area contributed by atoms with Crippen molar-refractivity contribution >= 4 is 6.08 Å². The molecule has 1 aliphatic rings. The first kappa shape index (κ1) is 16.3. The highest BCUT2D eigenvalue weighted by molar-refractivity contribution is 5.55. The molecule has 0 spiro atoms. The minimum atomic E-state index is 0.117. The maximum atomic E-state index is 9.13. The van der Waals surface area contributed by atoms with E-state index in [0.717, 1.165) is 5.56 Å². The summed E-state index contributed by atoms with van der Waals surface area (Å²) in [5.74, 6) is 0. The van der Waals surface area contributed by atoms with Gasteiger partial charge in [-0.05, 0) is 58.2 Å². The van der Waals surface area contributed by atoms with Gasteiger partial charge in [-0.2, -0.15) is 0 Å². The Labute approximate surface area is 129 Å². The Kier molecular flexibility index (Phi) is 5.23. The number of hydrogen-bond donors (Lipinski definition) is 1. The minimum Gasteiger partial charge on any atom is -0.392 e. The van der Waals surface area contributed by atoms with Gasteiger partial charge < -0.3 is 5.11 Å². The van der Waals surface area contributed by atoms with Crippen LogP contribution in [0.25, 0.3) is 6.08 Å². The zero-order chi connectivity index (χ0) is 15.5. The molecule has 0 radical (unpaired) electrons. The van der Waals surface area contributed by atoms with Gasteiger partial charge >= 0.3 is 0 Å². The summed E-state index contributed by atoms with van der Waals surface area (Å²) < 4.78 is 0. The van der Waals surface area contributed by atoms with Crippen LogP contribution < -0.4 is 0 Å². The molecule has 1 unspecified atom stereocenters. The lowest BCUT2D eigenvalue weighted by molar-refractivity contribution is 0.120. The van der Waals surface area contributed by atoms with Crippen LogP contribution in [0, 0.1) is 0 Å². The van der Waals surface area contributed by atoms with Gasteiger partial charge in [-0.3, -0.25) is 4.90 Å². The summed E-state index contributed by atoms with van der Waals surface area (Å²) in [6.45, 7) is 6.98. The molecule has 1 aromatic carbocycles. The Balaban J connectivity index is 2.22. The smallest absolute Gasteiger partial charge is 0.0681 e. The minimum absolute atomic E-state index is 0.117. The molecule has 0 heterocycles. The molecule has 1 aliphatic carbocycles. The average Bonchev–Trinajstić information content (AvgIpc) is 2.47. The molecule has 0 saturated heterocycles. The maximum absolute atomic E-state index is 9.13. The molecule has 1 fully saturated rings. The molecule has 0 aromatic heterocycles. The second-order valence-electron chi connectivity index (χ2n) is 7.16. The largest absolute Gasteiger partial charge is 0.392 e. The quantitative estimate of drug-likeness (QED) is 0.899. The third-order valence-corrected chi connectivity index (χ3v) is 4.66. The lowest BCUT2D eigenvalue weighted by atomic mass is 9.85. The van der Waals surface area contributed by atoms with Gasteiger partial charge in [0.1, 0.15) is 0 Å². The molecular formula is C19H29NO. The third kappa shape index (κ3) is 4.18. The zero-order valence-corrected chi connectivity index (χ0v) is 13.9. The van der Waals surface area contributed by atoms with Gasteiger partial charge in [0.2, 0.25) is 0 Å². The summed E-state index contributed by atoms with van der Waals surface area (Å²) in [6.07, 6.45) is 7.44. The molecule has 21 heavy (non-hydrogen) atoms. The SMILES string of the molecule is CN(C1CCCC/C1=C/c1ccc(CO)cc1)C(C)(C)C.